The first-order valence-corrected chi connectivity index (χ1v) is 8.47. The average Bonchev–Trinajstić information content (AvgIpc) is 2.35. The van der Waals surface area contributed by atoms with Crippen LogP contribution in [0.1, 0.15) is 13.3 Å². The molecule has 0 aliphatic rings. The molecule has 1 aromatic rings. The number of nitrogens with zero attached hydrogens (tertiary/aromatic N) is 1. The quantitative estimate of drug-likeness (QED) is 0.707. The Balaban J connectivity index is 2.85. The highest BCUT2D eigenvalue weighted by Gasteiger charge is 2.24. The van der Waals surface area contributed by atoms with Gasteiger partial charge < -0.3 is 4.74 Å². The van der Waals surface area contributed by atoms with Crippen LogP contribution in [0.2, 0.25) is 5.02 Å². The van der Waals surface area contributed by atoms with Crippen molar-refractivity contribution in [2.45, 2.75) is 18.2 Å². The van der Waals surface area contributed by atoms with Gasteiger partial charge in [0.25, 0.3) is 0 Å². The predicted octanol–water partition coefficient (Wildman–Crippen LogP) is 2.68. The summed E-state index contributed by atoms with van der Waals surface area (Å²) in [4.78, 5) is 11.3. The third-order valence-electron chi connectivity index (χ3n) is 2.52. The monoisotopic (exact) mass is 383 g/mol. The Labute approximate surface area is 132 Å². The van der Waals surface area contributed by atoms with Crippen molar-refractivity contribution in [1.29, 1.82) is 0 Å². The largest absolute Gasteiger partial charge is 0.466 e. The third kappa shape index (κ3) is 4.44. The molecule has 8 heteroatoms. The fourth-order valence-electron chi connectivity index (χ4n) is 1.45. The van der Waals surface area contributed by atoms with Crippen molar-refractivity contribution in [3.63, 3.8) is 0 Å². The summed E-state index contributed by atoms with van der Waals surface area (Å²) in [6.07, 6.45) is -0.00226. The third-order valence-corrected chi connectivity index (χ3v) is 5.35. The van der Waals surface area contributed by atoms with E-state index in [1.165, 1.54) is 19.2 Å². The molecule has 0 amide bonds. The van der Waals surface area contributed by atoms with Crippen LogP contribution in [0.5, 0.6) is 0 Å². The van der Waals surface area contributed by atoms with E-state index in [0.29, 0.717) is 4.47 Å². The number of carbonyl (C=O) groups excluding carboxylic acids is 1. The first kappa shape index (κ1) is 17.4. The van der Waals surface area contributed by atoms with Gasteiger partial charge in [-0.15, -0.1) is 0 Å². The van der Waals surface area contributed by atoms with Crippen molar-refractivity contribution in [1.82, 2.24) is 4.31 Å². The number of hydrogen-bond acceptors (Lipinski definition) is 4. The standard InChI is InChI=1S/C12H15BrClNO4S/c1-3-19-12(16)6-7-15(2)20(17,18)11-5-4-9(13)8-10(11)14/h4-5,8H,3,6-7H2,1-2H3. The molecule has 1 aromatic carbocycles. The van der Waals surface area contributed by atoms with Crippen LogP contribution in [0.15, 0.2) is 27.6 Å². The highest BCUT2D eigenvalue weighted by atomic mass is 79.9. The van der Waals surface area contributed by atoms with Crippen LogP contribution < -0.4 is 0 Å². The maximum Gasteiger partial charge on any atom is 0.307 e. The van der Waals surface area contributed by atoms with Gasteiger partial charge in [0, 0.05) is 18.1 Å². The Morgan fingerprint density at radius 3 is 2.65 bits per heavy atom. The molecule has 0 bridgehead atoms. The lowest BCUT2D eigenvalue weighted by molar-refractivity contribution is -0.143. The van der Waals surface area contributed by atoms with Crippen LogP contribution in [-0.4, -0.2) is 38.9 Å². The summed E-state index contributed by atoms with van der Waals surface area (Å²) in [7, 11) is -2.33. The predicted molar refractivity (Wildman–Crippen MR) is 80.2 cm³/mol. The summed E-state index contributed by atoms with van der Waals surface area (Å²) in [5.74, 6) is -0.434. The van der Waals surface area contributed by atoms with Gasteiger partial charge in [-0.3, -0.25) is 4.79 Å². The summed E-state index contributed by atoms with van der Waals surface area (Å²) < 4.78 is 31.1. The van der Waals surface area contributed by atoms with E-state index < -0.39 is 16.0 Å². The minimum absolute atomic E-state index is 0.00226. The van der Waals surface area contributed by atoms with Crippen molar-refractivity contribution >= 4 is 43.5 Å². The number of halogens is 2. The number of rotatable bonds is 6. The molecule has 0 radical (unpaired) electrons. The van der Waals surface area contributed by atoms with E-state index in [9.17, 15) is 13.2 Å². The van der Waals surface area contributed by atoms with Gasteiger partial charge in [-0.2, -0.15) is 0 Å². The van der Waals surface area contributed by atoms with E-state index >= 15 is 0 Å². The van der Waals surface area contributed by atoms with Gasteiger partial charge in [0.2, 0.25) is 10.0 Å². The number of esters is 1. The Bertz CT molecular complexity index is 591. The summed E-state index contributed by atoms with van der Waals surface area (Å²) in [6.45, 7) is 2.00. The van der Waals surface area contributed by atoms with Crippen molar-refractivity contribution in [3.8, 4) is 0 Å². The van der Waals surface area contributed by atoms with E-state index in [1.807, 2.05) is 0 Å². The normalized spacial score (nSPS) is 11.7. The van der Waals surface area contributed by atoms with Crippen LogP contribution in [-0.2, 0) is 19.6 Å². The van der Waals surface area contributed by atoms with Crippen LogP contribution in [0.3, 0.4) is 0 Å². The fraction of sp³-hybridized carbons (Fsp3) is 0.417. The zero-order chi connectivity index (χ0) is 15.3. The van der Waals surface area contributed by atoms with Gasteiger partial charge in [-0.25, -0.2) is 12.7 Å². The van der Waals surface area contributed by atoms with Crippen LogP contribution in [0.4, 0.5) is 0 Å². The van der Waals surface area contributed by atoms with Crippen molar-refractivity contribution in [3.05, 3.63) is 27.7 Å². The second kappa shape index (κ2) is 7.40. The summed E-state index contributed by atoms with van der Waals surface area (Å²) in [6, 6.07) is 4.52. The topological polar surface area (TPSA) is 63.7 Å². The first-order valence-electron chi connectivity index (χ1n) is 5.86. The Morgan fingerprint density at radius 2 is 2.10 bits per heavy atom. The summed E-state index contributed by atoms with van der Waals surface area (Å²) >= 11 is 9.16. The van der Waals surface area contributed by atoms with Gasteiger partial charge in [0.15, 0.2) is 0 Å². The Hall–Kier alpha value is -0.630. The van der Waals surface area contributed by atoms with Crippen LogP contribution in [0, 0.1) is 0 Å². The molecule has 20 heavy (non-hydrogen) atoms. The first-order chi connectivity index (χ1) is 9.28. The van der Waals surface area contributed by atoms with Crippen molar-refractivity contribution < 1.29 is 17.9 Å². The number of benzene rings is 1. The molecule has 0 saturated carbocycles. The molecule has 1 rings (SSSR count). The molecule has 112 valence electrons. The molecular formula is C12H15BrClNO4S. The Morgan fingerprint density at radius 1 is 1.45 bits per heavy atom. The highest BCUT2D eigenvalue weighted by molar-refractivity contribution is 9.10. The molecule has 0 fully saturated rings. The van der Waals surface area contributed by atoms with Crippen LogP contribution >= 0.6 is 27.5 Å². The maximum atomic E-state index is 12.3. The van der Waals surface area contributed by atoms with Crippen LogP contribution in [0.25, 0.3) is 0 Å². The molecule has 0 aliphatic carbocycles. The Kier molecular flexibility index (Phi) is 6.44. The van der Waals surface area contributed by atoms with E-state index in [0.717, 1.165) is 4.31 Å². The number of ether oxygens (including phenoxy) is 1. The average molecular weight is 385 g/mol. The zero-order valence-corrected chi connectivity index (χ0v) is 14.3. The van der Waals surface area contributed by atoms with Gasteiger partial charge in [-0.1, -0.05) is 27.5 Å². The van der Waals surface area contributed by atoms with E-state index in [2.05, 4.69) is 15.9 Å². The van der Waals surface area contributed by atoms with Crippen molar-refractivity contribution in [2.24, 2.45) is 0 Å². The molecule has 0 N–H and O–H groups in total. The molecule has 0 spiro atoms. The smallest absolute Gasteiger partial charge is 0.307 e. The van der Waals surface area contributed by atoms with Gasteiger partial charge in [-0.05, 0) is 25.1 Å². The van der Waals surface area contributed by atoms with Crippen molar-refractivity contribution in [2.75, 3.05) is 20.2 Å². The lowest BCUT2D eigenvalue weighted by Gasteiger charge is -2.17. The van der Waals surface area contributed by atoms with E-state index in [1.54, 1.807) is 13.0 Å². The second-order valence-corrected chi connectivity index (χ2v) is 7.29. The fourth-order valence-corrected chi connectivity index (χ4v) is 3.63. The molecule has 5 nitrogen and oxygen atoms in total. The molecule has 0 unspecified atom stereocenters. The summed E-state index contributed by atoms with van der Waals surface area (Å²) in [5, 5.41) is 0.127. The number of sulfonamides is 1. The zero-order valence-electron chi connectivity index (χ0n) is 11.1. The molecule has 0 saturated heterocycles. The molecule has 0 aromatic heterocycles. The minimum Gasteiger partial charge on any atom is -0.466 e. The molecule has 0 aliphatic heterocycles. The number of carbonyl (C=O) groups is 1. The molecular weight excluding hydrogens is 370 g/mol. The molecule has 0 heterocycles. The minimum atomic E-state index is -3.72. The molecule has 0 atom stereocenters. The second-order valence-electron chi connectivity index (χ2n) is 3.96. The summed E-state index contributed by atoms with van der Waals surface area (Å²) in [5.41, 5.74) is 0. The SMILES string of the molecule is CCOC(=O)CCN(C)S(=O)(=O)c1ccc(Br)cc1Cl. The van der Waals surface area contributed by atoms with Gasteiger partial charge in [0.1, 0.15) is 4.90 Å². The van der Waals surface area contributed by atoms with E-state index in [4.69, 9.17) is 16.3 Å². The highest BCUT2D eigenvalue weighted by Crippen LogP contribution is 2.27. The van der Waals surface area contributed by atoms with E-state index in [-0.39, 0.29) is 29.5 Å². The van der Waals surface area contributed by atoms with Gasteiger partial charge >= 0.3 is 5.97 Å². The maximum absolute atomic E-state index is 12.3. The number of hydrogen-bond donors (Lipinski definition) is 0. The lowest BCUT2D eigenvalue weighted by atomic mass is 10.4. The lowest BCUT2D eigenvalue weighted by Crippen LogP contribution is -2.29. The van der Waals surface area contributed by atoms with Gasteiger partial charge in [0.05, 0.1) is 18.1 Å².